The second-order valence-corrected chi connectivity index (χ2v) is 11.4. The van der Waals surface area contributed by atoms with E-state index in [2.05, 4.69) is 17.6 Å². The Hall–Kier alpha value is -2.91. The molecule has 3 saturated heterocycles. The van der Waals surface area contributed by atoms with Crippen molar-refractivity contribution in [1.29, 1.82) is 0 Å². The van der Waals surface area contributed by atoms with Crippen molar-refractivity contribution in [2.75, 3.05) is 25.6 Å². The van der Waals surface area contributed by atoms with Gasteiger partial charge in [0.1, 0.15) is 17.4 Å². The van der Waals surface area contributed by atoms with Crippen LogP contribution in [0.2, 0.25) is 0 Å². The lowest BCUT2D eigenvalue weighted by atomic mass is 9.74. The third-order valence-electron chi connectivity index (χ3n) is 9.13. The minimum absolute atomic E-state index is 0.0705. The zero-order chi connectivity index (χ0) is 26.4. The maximum Gasteiger partial charge on any atom is 0.246 e. The van der Waals surface area contributed by atoms with Crippen molar-refractivity contribution in [2.24, 2.45) is 17.8 Å². The largest absolute Gasteiger partial charge is 0.497 e. The zero-order valence-electron chi connectivity index (χ0n) is 22.1. The van der Waals surface area contributed by atoms with Crippen LogP contribution in [0, 0.1) is 17.8 Å². The van der Waals surface area contributed by atoms with Gasteiger partial charge in [-0.25, -0.2) is 0 Å². The Morgan fingerprint density at radius 1 is 1.16 bits per heavy atom. The minimum atomic E-state index is -1.17. The second-order valence-electron chi connectivity index (χ2n) is 11.4. The first-order valence-corrected chi connectivity index (χ1v) is 14.0. The number of anilines is 1. The maximum atomic E-state index is 14.1. The smallest absolute Gasteiger partial charge is 0.246 e. The Balaban J connectivity index is 1.29. The van der Waals surface area contributed by atoms with Crippen LogP contribution in [0.25, 0.3) is 0 Å². The average Bonchev–Trinajstić information content (AvgIpc) is 3.69. The maximum absolute atomic E-state index is 14.1. The molecule has 204 valence electrons. The van der Waals surface area contributed by atoms with Gasteiger partial charge < -0.3 is 29.7 Å². The molecule has 4 fully saturated rings. The second kappa shape index (κ2) is 10.0. The van der Waals surface area contributed by atoms with E-state index in [-0.39, 0.29) is 29.9 Å². The van der Waals surface area contributed by atoms with Gasteiger partial charge >= 0.3 is 0 Å². The van der Waals surface area contributed by atoms with Gasteiger partial charge in [0, 0.05) is 30.9 Å². The zero-order valence-corrected chi connectivity index (χ0v) is 22.1. The highest BCUT2D eigenvalue weighted by molar-refractivity contribution is 6.02. The SMILES string of the molecule is COc1cccc(NC(=O)[C@H]2[C@H]3C=C[C@@]4(O3)[C@H]2C(=O)N(C[C@@H]2CCCO2)[C@@H]4C(=O)N[C@@H]2CCCC[C@H]2C)c1. The van der Waals surface area contributed by atoms with Crippen LogP contribution >= 0.6 is 0 Å². The molecule has 2 bridgehead atoms. The molecule has 6 rings (SSSR count). The fourth-order valence-corrected chi connectivity index (χ4v) is 7.19. The summed E-state index contributed by atoms with van der Waals surface area (Å²) in [6.07, 6.45) is 9.05. The number of amides is 3. The van der Waals surface area contributed by atoms with E-state index in [1.807, 2.05) is 12.2 Å². The lowest BCUT2D eigenvalue weighted by molar-refractivity contribution is -0.143. The number of hydrogen-bond donors (Lipinski definition) is 2. The number of hydrogen-bond acceptors (Lipinski definition) is 6. The fourth-order valence-electron chi connectivity index (χ4n) is 7.19. The van der Waals surface area contributed by atoms with Gasteiger partial charge in [0.15, 0.2) is 0 Å². The molecule has 1 spiro atoms. The summed E-state index contributed by atoms with van der Waals surface area (Å²) in [4.78, 5) is 43.3. The molecular weight excluding hydrogens is 486 g/mol. The third kappa shape index (κ3) is 4.20. The van der Waals surface area contributed by atoms with Crippen LogP contribution in [0.5, 0.6) is 5.75 Å². The number of nitrogens with one attached hydrogen (secondary N) is 2. The van der Waals surface area contributed by atoms with E-state index < -0.39 is 29.6 Å². The molecule has 1 aromatic carbocycles. The summed E-state index contributed by atoms with van der Waals surface area (Å²) in [5.74, 6) is -1.22. The predicted octanol–water partition coefficient (Wildman–Crippen LogP) is 2.66. The Labute approximate surface area is 223 Å². The average molecular weight is 524 g/mol. The predicted molar refractivity (Wildman–Crippen MR) is 139 cm³/mol. The quantitative estimate of drug-likeness (QED) is 0.533. The first kappa shape index (κ1) is 25.4. The number of rotatable bonds is 7. The van der Waals surface area contributed by atoms with E-state index in [1.165, 1.54) is 6.42 Å². The molecule has 5 aliphatic rings. The van der Waals surface area contributed by atoms with E-state index >= 15 is 0 Å². The van der Waals surface area contributed by atoms with Crippen molar-refractivity contribution in [3.05, 3.63) is 36.4 Å². The molecule has 4 aliphatic heterocycles. The van der Waals surface area contributed by atoms with E-state index in [1.54, 1.807) is 36.3 Å². The summed E-state index contributed by atoms with van der Waals surface area (Å²) in [5.41, 5.74) is -0.587. The molecule has 1 saturated carbocycles. The van der Waals surface area contributed by atoms with Crippen LogP contribution in [-0.2, 0) is 23.9 Å². The van der Waals surface area contributed by atoms with Crippen molar-refractivity contribution in [3.63, 3.8) is 0 Å². The summed E-state index contributed by atoms with van der Waals surface area (Å²) < 4.78 is 17.6. The number of likely N-dealkylation sites (tertiary alicyclic amines) is 1. The highest BCUT2D eigenvalue weighted by Gasteiger charge is 2.73. The van der Waals surface area contributed by atoms with Crippen LogP contribution in [0.1, 0.15) is 45.4 Å². The van der Waals surface area contributed by atoms with Crippen molar-refractivity contribution < 1.29 is 28.6 Å². The van der Waals surface area contributed by atoms with E-state index in [4.69, 9.17) is 14.2 Å². The van der Waals surface area contributed by atoms with E-state index in [9.17, 15) is 14.4 Å². The van der Waals surface area contributed by atoms with E-state index in [0.29, 0.717) is 30.5 Å². The normalized spacial score (nSPS) is 37.4. The van der Waals surface area contributed by atoms with E-state index in [0.717, 1.165) is 32.1 Å². The number of fused-ring (bicyclic) bond motifs is 1. The van der Waals surface area contributed by atoms with Gasteiger partial charge in [-0.05, 0) is 43.7 Å². The van der Waals surface area contributed by atoms with Crippen molar-refractivity contribution in [1.82, 2.24) is 10.2 Å². The lowest BCUT2D eigenvalue weighted by Gasteiger charge is -2.36. The molecule has 4 heterocycles. The fraction of sp³-hybridized carbons (Fsp3) is 0.621. The Bertz CT molecular complexity index is 1130. The molecule has 38 heavy (non-hydrogen) atoms. The van der Waals surface area contributed by atoms with Crippen molar-refractivity contribution >= 4 is 23.4 Å². The first-order chi connectivity index (χ1) is 18.4. The van der Waals surface area contributed by atoms with Crippen LogP contribution in [-0.4, -0.2) is 72.8 Å². The summed E-state index contributed by atoms with van der Waals surface area (Å²) in [5, 5.41) is 6.22. The molecule has 0 radical (unpaired) electrons. The van der Waals surface area contributed by atoms with Crippen LogP contribution in [0.4, 0.5) is 5.69 Å². The molecule has 9 nitrogen and oxygen atoms in total. The molecule has 2 N–H and O–H groups in total. The molecule has 0 aromatic heterocycles. The first-order valence-electron chi connectivity index (χ1n) is 14.0. The van der Waals surface area contributed by atoms with Crippen LogP contribution in [0.15, 0.2) is 36.4 Å². The van der Waals surface area contributed by atoms with Crippen molar-refractivity contribution in [3.8, 4) is 5.75 Å². The number of benzene rings is 1. The number of methoxy groups -OCH3 is 1. The Morgan fingerprint density at radius 3 is 2.76 bits per heavy atom. The number of nitrogens with zero attached hydrogens (tertiary/aromatic N) is 1. The van der Waals surface area contributed by atoms with Gasteiger partial charge in [0.25, 0.3) is 0 Å². The molecule has 3 amide bonds. The monoisotopic (exact) mass is 523 g/mol. The summed E-state index contributed by atoms with van der Waals surface area (Å²) in [6, 6.07) is 6.34. The number of carbonyl (C=O) groups is 3. The van der Waals surface area contributed by atoms with Gasteiger partial charge in [0.05, 0.1) is 31.2 Å². The molecule has 9 heteroatoms. The van der Waals surface area contributed by atoms with Crippen LogP contribution < -0.4 is 15.4 Å². The lowest BCUT2D eigenvalue weighted by Crippen LogP contribution is -2.58. The summed E-state index contributed by atoms with van der Waals surface area (Å²) in [6.45, 7) is 3.15. The highest BCUT2D eigenvalue weighted by Crippen LogP contribution is 2.55. The van der Waals surface area contributed by atoms with Crippen LogP contribution in [0.3, 0.4) is 0 Å². The van der Waals surface area contributed by atoms with Gasteiger partial charge in [-0.3, -0.25) is 14.4 Å². The Kier molecular flexibility index (Phi) is 6.68. The molecule has 1 aromatic rings. The number of carbonyl (C=O) groups excluding carboxylic acids is 3. The molecule has 1 aliphatic carbocycles. The number of ether oxygens (including phenoxy) is 3. The van der Waals surface area contributed by atoms with Gasteiger partial charge in [-0.1, -0.05) is 38.0 Å². The Morgan fingerprint density at radius 2 is 2.00 bits per heavy atom. The molecular formula is C29H37N3O6. The standard InChI is InChI=1S/C29H37N3O6/c1-17-7-3-4-11-21(17)31-27(34)25-29-13-12-22(38-29)23(26(33)30-18-8-5-9-19(15-18)36-2)24(29)28(35)32(25)16-20-10-6-14-37-20/h5,8-9,12-13,15,17,20-25H,3-4,6-7,10-11,14,16H2,1-2H3,(H,30,33)(H,31,34)/t17-,20+,21-,22-,23+,24-,25-,29-/m1/s1. The summed E-state index contributed by atoms with van der Waals surface area (Å²) in [7, 11) is 1.57. The van der Waals surface area contributed by atoms with Gasteiger partial charge in [0.2, 0.25) is 17.7 Å². The summed E-state index contributed by atoms with van der Waals surface area (Å²) >= 11 is 0. The highest BCUT2D eigenvalue weighted by atomic mass is 16.5. The topological polar surface area (TPSA) is 106 Å². The van der Waals surface area contributed by atoms with Gasteiger partial charge in [-0.15, -0.1) is 0 Å². The molecule has 0 unspecified atom stereocenters. The van der Waals surface area contributed by atoms with Crippen molar-refractivity contribution in [2.45, 2.75) is 75.3 Å². The third-order valence-corrected chi connectivity index (χ3v) is 9.13. The minimum Gasteiger partial charge on any atom is -0.497 e. The van der Waals surface area contributed by atoms with Gasteiger partial charge in [-0.2, -0.15) is 0 Å². The molecule has 8 atom stereocenters.